The number of allylic oxidation sites excluding steroid dienone is 2. The number of ether oxygens (including phenoxy) is 1. The quantitative estimate of drug-likeness (QED) is 0.886. The first-order valence-electron chi connectivity index (χ1n) is 7.38. The minimum atomic E-state index is -0.208. The van der Waals surface area contributed by atoms with Gasteiger partial charge in [0.2, 0.25) is 0 Å². The molecular weight excluding hydrogens is 267 g/mol. The van der Waals surface area contributed by atoms with Crippen LogP contribution in [0.15, 0.2) is 42.0 Å². The van der Waals surface area contributed by atoms with Crippen molar-refractivity contribution in [3.8, 4) is 5.75 Å². The first-order valence-corrected chi connectivity index (χ1v) is 7.38. The van der Waals surface area contributed by atoms with E-state index in [4.69, 9.17) is 4.74 Å². The van der Waals surface area contributed by atoms with E-state index in [1.54, 1.807) is 19.2 Å². The molecule has 0 fully saturated rings. The maximum atomic E-state index is 14.2. The van der Waals surface area contributed by atoms with Crippen molar-refractivity contribution < 1.29 is 14.2 Å². The molecule has 1 aromatic carbocycles. The zero-order chi connectivity index (χ0) is 15.4. The van der Waals surface area contributed by atoms with Gasteiger partial charge >= 0.3 is 0 Å². The molecule has 21 heavy (non-hydrogen) atoms. The Bertz CT molecular complexity index is 546. The van der Waals surface area contributed by atoms with Gasteiger partial charge in [-0.2, -0.15) is 0 Å². The number of hydrogen-bond acceptors (Lipinski definition) is 2. The minimum absolute atomic E-state index is 0.0159. The summed E-state index contributed by atoms with van der Waals surface area (Å²) in [7, 11) is 1.59. The standard InChI is InChI=1S/C18H23FO2/c1-12(2)8-14-9-13(11-20)4-6-16(14)17-10-15(21-3)5-7-18(17)19/h4-7,9-10,12,14,16,20H,8,11H2,1-3H3. The Morgan fingerprint density at radius 1 is 1.33 bits per heavy atom. The maximum absolute atomic E-state index is 14.2. The minimum Gasteiger partial charge on any atom is -0.497 e. The van der Waals surface area contributed by atoms with E-state index in [0.29, 0.717) is 17.2 Å². The average Bonchev–Trinajstić information content (AvgIpc) is 2.47. The summed E-state index contributed by atoms with van der Waals surface area (Å²) in [5, 5.41) is 9.32. The van der Waals surface area contributed by atoms with E-state index in [2.05, 4.69) is 19.9 Å². The number of rotatable bonds is 5. The van der Waals surface area contributed by atoms with Crippen molar-refractivity contribution >= 4 is 0 Å². The Kier molecular flexibility index (Phi) is 5.18. The molecule has 0 heterocycles. The summed E-state index contributed by atoms with van der Waals surface area (Å²) >= 11 is 0. The molecule has 0 saturated carbocycles. The highest BCUT2D eigenvalue weighted by atomic mass is 19.1. The Morgan fingerprint density at radius 3 is 2.71 bits per heavy atom. The zero-order valence-corrected chi connectivity index (χ0v) is 12.8. The molecule has 1 N–H and O–H groups in total. The molecule has 0 bridgehead atoms. The largest absolute Gasteiger partial charge is 0.497 e. The summed E-state index contributed by atoms with van der Waals surface area (Å²) in [6, 6.07) is 4.87. The predicted octanol–water partition coefficient (Wildman–Crippen LogP) is 4.07. The van der Waals surface area contributed by atoms with Gasteiger partial charge in [-0.1, -0.05) is 32.1 Å². The van der Waals surface area contributed by atoms with Crippen LogP contribution in [0.3, 0.4) is 0 Å². The molecule has 3 heteroatoms. The molecule has 2 rings (SSSR count). The van der Waals surface area contributed by atoms with E-state index in [9.17, 15) is 9.50 Å². The number of methoxy groups -OCH3 is 1. The lowest BCUT2D eigenvalue weighted by Crippen LogP contribution is -2.17. The van der Waals surface area contributed by atoms with Crippen LogP contribution in [0, 0.1) is 17.7 Å². The lowest BCUT2D eigenvalue weighted by atomic mass is 9.77. The summed E-state index contributed by atoms with van der Waals surface area (Å²) in [6.45, 7) is 4.34. The number of aliphatic hydroxyl groups is 1. The molecule has 1 aliphatic rings. The first-order chi connectivity index (χ1) is 10.0. The van der Waals surface area contributed by atoms with E-state index in [1.165, 1.54) is 6.07 Å². The molecule has 0 amide bonds. The smallest absolute Gasteiger partial charge is 0.127 e. The van der Waals surface area contributed by atoms with Gasteiger partial charge in [0.25, 0.3) is 0 Å². The van der Waals surface area contributed by atoms with Gasteiger partial charge in [0.05, 0.1) is 13.7 Å². The molecule has 1 aliphatic carbocycles. The SMILES string of the molecule is COc1ccc(F)c(C2C=CC(CO)=CC2CC(C)C)c1. The molecule has 0 saturated heterocycles. The highest BCUT2D eigenvalue weighted by molar-refractivity contribution is 5.39. The Morgan fingerprint density at radius 2 is 2.10 bits per heavy atom. The Labute approximate surface area is 125 Å². The molecule has 0 radical (unpaired) electrons. The van der Waals surface area contributed by atoms with E-state index >= 15 is 0 Å². The fourth-order valence-electron chi connectivity index (χ4n) is 2.91. The van der Waals surface area contributed by atoms with Crippen LogP contribution in [0.5, 0.6) is 5.75 Å². The third-order valence-electron chi connectivity index (χ3n) is 3.90. The summed E-state index contributed by atoms with van der Waals surface area (Å²) in [5.41, 5.74) is 1.56. The second kappa shape index (κ2) is 6.90. The zero-order valence-electron chi connectivity index (χ0n) is 12.8. The van der Waals surface area contributed by atoms with Crippen molar-refractivity contribution in [2.24, 2.45) is 11.8 Å². The van der Waals surface area contributed by atoms with Crippen molar-refractivity contribution in [2.45, 2.75) is 26.2 Å². The molecule has 0 spiro atoms. The van der Waals surface area contributed by atoms with Crippen molar-refractivity contribution in [2.75, 3.05) is 13.7 Å². The molecule has 2 nitrogen and oxygen atoms in total. The second-order valence-corrected chi connectivity index (χ2v) is 5.97. The lowest BCUT2D eigenvalue weighted by molar-refractivity contribution is 0.330. The fourth-order valence-corrected chi connectivity index (χ4v) is 2.91. The van der Waals surface area contributed by atoms with E-state index < -0.39 is 0 Å². The highest BCUT2D eigenvalue weighted by Crippen LogP contribution is 2.38. The molecule has 2 atom stereocenters. The fraction of sp³-hybridized carbons (Fsp3) is 0.444. The molecular formula is C18H23FO2. The van der Waals surface area contributed by atoms with Crippen LogP contribution in [0.25, 0.3) is 0 Å². The molecule has 2 unspecified atom stereocenters. The summed E-state index contributed by atoms with van der Waals surface area (Å²) < 4.78 is 19.4. The summed E-state index contributed by atoms with van der Waals surface area (Å²) in [4.78, 5) is 0. The second-order valence-electron chi connectivity index (χ2n) is 5.97. The highest BCUT2D eigenvalue weighted by Gasteiger charge is 2.26. The van der Waals surface area contributed by atoms with Crippen LogP contribution < -0.4 is 4.74 Å². The van der Waals surface area contributed by atoms with Gasteiger partial charge in [-0.15, -0.1) is 0 Å². The van der Waals surface area contributed by atoms with Gasteiger partial charge in [0.15, 0.2) is 0 Å². The topological polar surface area (TPSA) is 29.5 Å². The maximum Gasteiger partial charge on any atom is 0.127 e. The lowest BCUT2D eigenvalue weighted by Gasteiger charge is -2.28. The number of hydrogen-bond donors (Lipinski definition) is 1. The molecule has 0 aromatic heterocycles. The van der Waals surface area contributed by atoms with Crippen molar-refractivity contribution in [1.29, 1.82) is 0 Å². The Hall–Kier alpha value is -1.61. The van der Waals surface area contributed by atoms with Crippen LogP contribution in [-0.4, -0.2) is 18.8 Å². The number of aliphatic hydroxyl groups excluding tert-OH is 1. The van der Waals surface area contributed by atoms with Crippen LogP contribution in [-0.2, 0) is 0 Å². The molecule has 0 aliphatic heterocycles. The van der Waals surface area contributed by atoms with Gasteiger partial charge in [0.1, 0.15) is 11.6 Å². The van der Waals surface area contributed by atoms with Crippen LogP contribution in [0.1, 0.15) is 31.7 Å². The van der Waals surface area contributed by atoms with Gasteiger partial charge < -0.3 is 9.84 Å². The van der Waals surface area contributed by atoms with Crippen LogP contribution in [0.4, 0.5) is 4.39 Å². The van der Waals surface area contributed by atoms with Crippen molar-refractivity contribution in [3.05, 3.63) is 53.4 Å². The van der Waals surface area contributed by atoms with Gasteiger partial charge in [0, 0.05) is 5.92 Å². The van der Waals surface area contributed by atoms with Gasteiger partial charge in [-0.3, -0.25) is 0 Å². The summed E-state index contributed by atoms with van der Waals surface area (Å²) in [6.07, 6.45) is 6.91. The van der Waals surface area contributed by atoms with Gasteiger partial charge in [-0.25, -0.2) is 4.39 Å². The first kappa shape index (κ1) is 15.8. The average molecular weight is 290 g/mol. The van der Waals surface area contributed by atoms with Crippen LogP contribution in [0.2, 0.25) is 0 Å². The van der Waals surface area contributed by atoms with Crippen molar-refractivity contribution in [3.63, 3.8) is 0 Å². The number of halogens is 1. The van der Waals surface area contributed by atoms with E-state index in [1.807, 2.05) is 12.2 Å². The number of benzene rings is 1. The molecule has 1 aromatic rings. The van der Waals surface area contributed by atoms with E-state index in [-0.39, 0.29) is 24.3 Å². The monoisotopic (exact) mass is 290 g/mol. The van der Waals surface area contributed by atoms with E-state index in [0.717, 1.165) is 12.0 Å². The Balaban J connectivity index is 2.36. The van der Waals surface area contributed by atoms with Gasteiger partial charge in [-0.05, 0) is 47.6 Å². The third-order valence-corrected chi connectivity index (χ3v) is 3.90. The molecule has 114 valence electrons. The predicted molar refractivity (Wildman–Crippen MR) is 82.9 cm³/mol. The van der Waals surface area contributed by atoms with Crippen LogP contribution >= 0.6 is 0 Å². The third kappa shape index (κ3) is 3.73. The van der Waals surface area contributed by atoms with Crippen molar-refractivity contribution in [1.82, 2.24) is 0 Å². The normalized spacial score (nSPS) is 21.5. The summed E-state index contributed by atoms with van der Waals surface area (Å²) in [5.74, 6) is 1.14.